The molecular formula is C20H23NO4. The second-order valence-corrected chi connectivity index (χ2v) is 5.92. The Bertz CT molecular complexity index is 753. The zero-order valence-corrected chi connectivity index (χ0v) is 15.0. The molecule has 2 aromatic carbocycles. The molecule has 1 unspecified atom stereocenters. The number of methoxy groups -OCH3 is 2. The molecule has 1 atom stereocenters. The fourth-order valence-electron chi connectivity index (χ4n) is 2.51. The lowest BCUT2D eigenvalue weighted by Gasteiger charge is -2.14. The number of hydrogen-bond acceptors (Lipinski definition) is 4. The maximum atomic E-state index is 12.4. The topological polar surface area (TPSA) is 64.6 Å². The van der Waals surface area contributed by atoms with Crippen LogP contribution in [0.4, 0.5) is 5.69 Å². The van der Waals surface area contributed by atoms with Gasteiger partial charge < -0.3 is 14.8 Å². The van der Waals surface area contributed by atoms with E-state index in [-0.39, 0.29) is 17.6 Å². The van der Waals surface area contributed by atoms with Crippen molar-refractivity contribution in [3.05, 3.63) is 53.6 Å². The van der Waals surface area contributed by atoms with Crippen LogP contribution in [0.1, 0.15) is 29.8 Å². The molecule has 0 saturated heterocycles. The minimum absolute atomic E-state index is 0.000280. The van der Waals surface area contributed by atoms with Crippen LogP contribution in [0.3, 0.4) is 0 Å². The van der Waals surface area contributed by atoms with Gasteiger partial charge >= 0.3 is 0 Å². The van der Waals surface area contributed by atoms with Crippen LogP contribution >= 0.6 is 0 Å². The van der Waals surface area contributed by atoms with E-state index in [0.29, 0.717) is 29.2 Å². The summed E-state index contributed by atoms with van der Waals surface area (Å²) in [5.74, 6) is 1.01. The molecule has 0 aliphatic rings. The van der Waals surface area contributed by atoms with Gasteiger partial charge in [-0.15, -0.1) is 0 Å². The fraction of sp³-hybridized carbons (Fsp3) is 0.300. The monoisotopic (exact) mass is 341 g/mol. The van der Waals surface area contributed by atoms with Crippen molar-refractivity contribution in [2.24, 2.45) is 5.92 Å². The van der Waals surface area contributed by atoms with Gasteiger partial charge in [-0.1, -0.05) is 13.0 Å². The molecule has 2 rings (SSSR count). The summed E-state index contributed by atoms with van der Waals surface area (Å²) < 4.78 is 10.5. The molecule has 25 heavy (non-hydrogen) atoms. The van der Waals surface area contributed by atoms with E-state index in [1.807, 2.05) is 25.1 Å². The Morgan fingerprint density at radius 3 is 2.20 bits per heavy atom. The highest BCUT2D eigenvalue weighted by Crippen LogP contribution is 2.28. The first-order valence-corrected chi connectivity index (χ1v) is 8.07. The van der Waals surface area contributed by atoms with Crippen LogP contribution in [-0.4, -0.2) is 25.9 Å². The highest BCUT2D eigenvalue weighted by molar-refractivity contribution is 5.96. The van der Waals surface area contributed by atoms with Crippen molar-refractivity contribution in [2.45, 2.75) is 20.3 Å². The molecule has 1 N–H and O–H groups in total. The number of benzene rings is 2. The number of carbonyl (C=O) groups is 2. The molecule has 5 heteroatoms. The molecule has 2 aromatic rings. The van der Waals surface area contributed by atoms with Crippen molar-refractivity contribution in [3.63, 3.8) is 0 Å². The molecule has 0 saturated carbocycles. The van der Waals surface area contributed by atoms with Gasteiger partial charge in [-0.2, -0.15) is 0 Å². The van der Waals surface area contributed by atoms with Gasteiger partial charge in [0, 0.05) is 17.2 Å². The molecule has 0 radical (unpaired) electrons. The summed E-state index contributed by atoms with van der Waals surface area (Å²) in [4.78, 5) is 23.7. The number of carbonyl (C=O) groups excluding carboxylic acids is 2. The number of hydrogen-bond donors (Lipinski definition) is 1. The molecule has 0 heterocycles. The van der Waals surface area contributed by atoms with Crippen LogP contribution in [0.25, 0.3) is 0 Å². The van der Waals surface area contributed by atoms with Crippen LogP contribution in [0.2, 0.25) is 0 Å². The Morgan fingerprint density at radius 2 is 1.64 bits per heavy atom. The number of ketones is 1. The highest BCUT2D eigenvalue weighted by Gasteiger charge is 2.15. The number of ether oxygens (including phenoxy) is 2. The standard InChI is InChI=1S/C20H23NO4/c1-13(11-15-5-10-18(24-3)19(12-15)25-4)20(23)21-17-8-6-16(7-9-17)14(2)22/h5-10,12-13H,11H2,1-4H3,(H,21,23). The van der Waals surface area contributed by atoms with E-state index in [9.17, 15) is 9.59 Å². The largest absolute Gasteiger partial charge is 0.493 e. The summed E-state index contributed by atoms with van der Waals surface area (Å²) in [6.07, 6.45) is 0.581. The molecule has 132 valence electrons. The van der Waals surface area contributed by atoms with E-state index >= 15 is 0 Å². The van der Waals surface area contributed by atoms with Gasteiger partial charge in [0.1, 0.15) is 0 Å². The number of rotatable bonds is 7. The van der Waals surface area contributed by atoms with Crippen LogP contribution in [-0.2, 0) is 11.2 Å². The summed E-state index contributed by atoms with van der Waals surface area (Å²) in [5.41, 5.74) is 2.29. The van der Waals surface area contributed by atoms with Gasteiger partial charge in [0.15, 0.2) is 17.3 Å². The molecule has 0 spiro atoms. The van der Waals surface area contributed by atoms with Crippen LogP contribution in [0.5, 0.6) is 11.5 Å². The predicted molar refractivity (Wildman–Crippen MR) is 97.5 cm³/mol. The summed E-state index contributed by atoms with van der Waals surface area (Å²) in [6, 6.07) is 12.5. The van der Waals surface area contributed by atoms with E-state index in [0.717, 1.165) is 5.56 Å². The molecule has 0 aliphatic heterocycles. The molecule has 0 aromatic heterocycles. The Hall–Kier alpha value is -2.82. The van der Waals surface area contributed by atoms with Gasteiger partial charge in [-0.05, 0) is 55.3 Å². The lowest BCUT2D eigenvalue weighted by molar-refractivity contribution is -0.119. The lowest BCUT2D eigenvalue weighted by Crippen LogP contribution is -2.22. The third kappa shape index (κ3) is 4.83. The number of nitrogens with one attached hydrogen (secondary N) is 1. The first-order chi connectivity index (χ1) is 11.9. The Labute approximate surface area is 148 Å². The maximum Gasteiger partial charge on any atom is 0.227 e. The zero-order valence-electron chi connectivity index (χ0n) is 15.0. The summed E-state index contributed by atoms with van der Waals surface area (Å²) >= 11 is 0. The van der Waals surface area contributed by atoms with E-state index in [1.54, 1.807) is 38.5 Å². The molecule has 0 bridgehead atoms. The second kappa shape index (κ2) is 8.33. The highest BCUT2D eigenvalue weighted by atomic mass is 16.5. The SMILES string of the molecule is COc1ccc(CC(C)C(=O)Nc2ccc(C(C)=O)cc2)cc1OC. The maximum absolute atomic E-state index is 12.4. The smallest absolute Gasteiger partial charge is 0.227 e. The average molecular weight is 341 g/mol. The normalized spacial score (nSPS) is 11.5. The van der Waals surface area contributed by atoms with Crippen molar-refractivity contribution in [2.75, 3.05) is 19.5 Å². The van der Waals surface area contributed by atoms with Gasteiger partial charge in [-0.25, -0.2) is 0 Å². The third-order valence-electron chi connectivity index (χ3n) is 4.00. The predicted octanol–water partition coefficient (Wildman–Crippen LogP) is 3.72. The van der Waals surface area contributed by atoms with Gasteiger partial charge in [0.2, 0.25) is 5.91 Å². The van der Waals surface area contributed by atoms with Crippen molar-refractivity contribution in [1.29, 1.82) is 0 Å². The average Bonchev–Trinajstić information content (AvgIpc) is 2.61. The molecule has 0 fully saturated rings. The first-order valence-electron chi connectivity index (χ1n) is 8.07. The van der Waals surface area contributed by atoms with Crippen LogP contribution in [0.15, 0.2) is 42.5 Å². The number of amides is 1. The summed E-state index contributed by atoms with van der Waals surface area (Å²) in [7, 11) is 3.17. The number of Topliss-reactive ketones (excluding diaryl/α,β-unsaturated/α-hetero) is 1. The fourth-order valence-corrected chi connectivity index (χ4v) is 2.51. The van der Waals surface area contributed by atoms with E-state index < -0.39 is 0 Å². The molecule has 1 amide bonds. The van der Waals surface area contributed by atoms with E-state index in [1.165, 1.54) is 6.92 Å². The van der Waals surface area contributed by atoms with Crippen molar-refractivity contribution < 1.29 is 19.1 Å². The van der Waals surface area contributed by atoms with E-state index in [2.05, 4.69) is 5.32 Å². The Kier molecular flexibility index (Phi) is 6.17. The minimum Gasteiger partial charge on any atom is -0.493 e. The van der Waals surface area contributed by atoms with Crippen molar-refractivity contribution in [1.82, 2.24) is 0 Å². The first kappa shape index (κ1) is 18.5. The Morgan fingerprint density at radius 1 is 1.00 bits per heavy atom. The second-order valence-electron chi connectivity index (χ2n) is 5.92. The van der Waals surface area contributed by atoms with Gasteiger partial charge in [0.05, 0.1) is 14.2 Å². The summed E-state index contributed by atoms with van der Waals surface area (Å²) in [6.45, 7) is 3.38. The lowest BCUT2D eigenvalue weighted by atomic mass is 9.99. The molecule has 0 aliphatic carbocycles. The van der Waals surface area contributed by atoms with Crippen molar-refractivity contribution >= 4 is 17.4 Å². The summed E-state index contributed by atoms with van der Waals surface area (Å²) in [5, 5.41) is 2.87. The Balaban J connectivity index is 2.01. The molecular weight excluding hydrogens is 318 g/mol. The minimum atomic E-state index is -0.217. The van der Waals surface area contributed by atoms with Gasteiger partial charge in [-0.3, -0.25) is 9.59 Å². The van der Waals surface area contributed by atoms with Gasteiger partial charge in [0.25, 0.3) is 0 Å². The number of anilines is 1. The van der Waals surface area contributed by atoms with E-state index in [4.69, 9.17) is 9.47 Å². The molecule has 5 nitrogen and oxygen atoms in total. The third-order valence-corrected chi connectivity index (χ3v) is 4.00. The van der Waals surface area contributed by atoms with Crippen molar-refractivity contribution in [3.8, 4) is 11.5 Å². The van der Waals surface area contributed by atoms with Crippen LogP contribution in [0, 0.1) is 5.92 Å². The van der Waals surface area contributed by atoms with Crippen LogP contribution < -0.4 is 14.8 Å². The zero-order chi connectivity index (χ0) is 18.4. The quantitative estimate of drug-likeness (QED) is 0.780.